The van der Waals surface area contributed by atoms with Gasteiger partial charge in [-0.3, -0.25) is 4.79 Å². The summed E-state index contributed by atoms with van der Waals surface area (Å²) in [4.78, 5) is 16.2. The van der Waals surface area contributed by atoms with Gasteiger partial charge in [0, 0.05) is 5.38 Å². The normalized spacial score (nSPS) is 10.3. The molecule has 20 heavy (non-hydrogen) atoms. The summed E-state index contributed by atoms with van der Waals surface area (Å²) < 4.78 is 5.12. The van der Waals surface area contributed by atoms with Crippen LogP contribution >= 0.6 is 34.5 Å². The minimum absolute atomic E-state index is 0.199. The Hall–Kier alpha value is -1.50. The maximum atomic E-state index is 12.2. The summed E-state index contributed by atoms with van der Waals surface area (Å²) in [7, 11) is 1.43. The van der Waals surface area contributed by atoms with Crippen molar-refractivity contribution in [2.24, 2.45) is 0 Å². The average molecular weight is 332 g/mol. The highest BCUT2D eigenvalue weighted by atomic mass is 35.5. The number of nitrogens with zero attached hydrogens (tertiary/aromatic N) is 1. The van der Waals surface area contributed by atoms with Crippen molar-refractivity contribution in [3.63, 3.8) is 0 Å². The Bertz CT molecular complexity index is 646. The van der Waals surface area contributed by atoms with Crippen molar-refractivity contribution in [1.82, 2.24) is 10.3 Å². The monoisotopic (exact) mass is 331 g/mol. The summed E-state index contributed by atoms with van der Waals surface area (Å²) in [6, 6.07) is 3.11. The molecule has 3 N–H and O–H groups in total. The van der Waals surface area contributed by atoms with Crippen LogP contribution in [0.1, 0.15) is 16.1 Å². The van der Waals surface area contributed by atoms with Crippen LogP contribution in [0.2, 0.25) is 10.0 Å². The molecule has 1 aromatic carbocycles. The van der Waals surface area contributed by atoms with Crippen LogP contribution in [0.25, 0.3) is 0 Å². The van der Waals surface area contributed by atoms with Crippen LogP contribution in [0.4, 0.5) is 5.13 Å². The Labute approximate surface area is 129 Å². The Balaban J connectivity index is 2.19. The third-order valence-electron chi connectivity index (χ3n) is 2.49. The number of nitrogens with one attached hydrogen (secondary N) is 1. The first kappa shape index (κ1) is 14.9. The molecule has 0 saturated carbocycles. The molecule has 0 fully saturated rings. The summed E-state index contributed by atoms with van der Waals surface area (Å²) in [6.07, 6.45) is 0. The Kier molecular flexibility index (Phi) is 4.69. The van der Waals surface area contributed by atoms with Gasteiger partial charge in [0.15, 0.2) is 10.9 Å². The Morgan fingerprint density at radius 3 is 2.75 bits per heavy atom. The molecule has 5 nitrogen and oxygen atoms in total. The van der Waals surface area contributed by atoms with Crippen molar-refractivity contribution in [2.45, 2.75) is 6.54 Å². The van der Waals surface area contributed by atoms with E-state index in [0.29, 0.717) is 15.8 Å². The van der Waals surface area contributed by atoms with Crippen LogP contribution in [0.15, 0.2) is 17.5 Å². The van der Waals surface area contributed by atoms with Crippen LogP contribution in [-0.4, -0.2) is 18.0 Å². The van der Waals surface area contributed by atoms with E-state index in [1.54, 1.807) is 17.5 Å². The molecule has 1 heterocycles. The van der Waals surface area contributed by atoms with E-state index in [2.05, 4.69) is 10.3 Å². The number of halogens is 2. The SMILES string of the molecule is COc1c(Cl)ccc(Cl)c1C(=O)NCc1csc(N)n1. The number of anilines is 1. The molecule has 0 aliphatic heterocycles. The zero-order valence-corrected chi connectivity index (χ0v) is 12.8. The first-order chi connectivity index (χ1) is 9.52. The fraction of sp³-hybridized carbons (Fsp3) is 0.167. The quantitative estimate of drug-likeness (QED) is 0.902. The number of nitrogen functional groups attached to an aromatic ring is 1. The lowest BCUT2D eigenvalue weighted by atomic mass is 10.2. The molecule has 1 amide bonds. The lowest BCUT2D eigenvalue weighted by Gasteiger charge is -2.11. The second-order valence-electron chi connectivity index (χ2n) is 3.80. The third-order valence-corrected chi connectivity index (χ3v) is 3.82. The zero-order valence-electron chi connectivity index (χ0n) is 10.4. The maximum absolute atomic E-state index is 12.2. The minimum Gasteiger partial charge on any atom is -0.494 e. The van der Waals surface area contributed by atoms with Crippen LogP contribution < -0.4 is 15.8 Å². The van der Waals surface area contributed by atoms with E-state index in [0.717, 1.165) is 0 Å². The number of thiazole rings is 1. The van der Waals surface area contributed by atoms with Gasteiger partial charge in [-0.25, -0.2) is 4.98 Å². The smallest absolute Gasteiger partial charge is 0.256 e. The molecular formula is C12H11Cl2N3O2S. The van der Waals surface area contributed by atoms with Gasteiger partial charge < -0.3 is 15.8 Å². The van der Waals surface area contributed by atoms with Crippen molar-refractivity contribution in [3.8, 4) is 5.75 Å². The van der Waals surface area contributed by atoms with E-state index in [1.807, 2.05) is 0 Å². The van der Waals surface area contributed by atoms with E-state index in [9.17, 15) is 4.79 Å². The van der Waals surface area contributed by atoms with E-state index < -0.39 is 0 Å². The number of methoxy groups -OCH3 is 1. The van der Waals surface area contributed by atoms with Crippen molar-refractivity contribution < 1.29 is 9.53 Å². The standard InChI is InChI=1S/C12H11Cl2N3O2S/c1-19-10-8(14)3-2-7(13)9(10)11(18)16-4-6-5-20-12(15)17-6/h2-3,5H,4H2,1H3,(H2,15,17)(H,16,18). The van der Waals surface area contributed by atoms with Gasteiger partial charge >= 0.3 is 0 Å². The number of amides is 1. The molecule has 0 unspecified atom stereocenters. The summed E-state index contributed by atoms with van der Waals surface area (Å²) in [5.41, 5.74) is 6.40. The molecule has 0 saturated heterocycles. The highest BCUT2D eigenvalue weighted by molar-refractivity contribution is 7.13. The molecule has 2 rings (SSSR count). The van der Waals surface area contributed by atoms with Gasteiger partial charge in [-0.1, -0.05) is 23.2 Å². The van der Waals surface area contributed by atoms with Gasteiger partial charge in [-0.05, 0) is 12.1 Å². The van der Waals surface area contributed by atoms with E-state index in [-0.39, 0.29) is 28.8 Å². The lowest BCUT2D eigenvalue weighted by molar-refractivity contribution is 0.0947. The first-order valence-electron chi connectivity index (χ1n) is 5.53. The number of hydrogen-bond acceptors (Lipinski definition) is 5. The summed E-state index contributed by atoms with van der Waals surface area (Å²) >= 11 is 13.3. The van der Waals surface area contributed by atoms with Gasteiger partial charge in [-0.2, -0.15) is 0 Å². The lowest BCUT2D eigenvalue weighted by Crippen LogP contribution is -2.24. The number of carbonyl (C=O) groups excluding carboxylic acids is 1. The largest absolute Gasteiger partial charge is 0.494 e. The highest BCUT2D eigenvalue weighted by Crippen LogP contribution is 2.33. The van der Waals surface area contributed by atoms with E-state index >= 15 is 0 Å². The number of benzene rings is 1. The summed E-state index contributed by atoms with van der Waals surface area (Å²) in [6.45, 7) is 0.249. The van der Waals surface area contributed by atoms with Gasteiger partial charge in [0.1, 0.15) is 5.56 Å². The second-order valence-corrected chi connectivity index (χ2v) is 5.50. The van der Waals surface area contributed by atoms with Crippen molar-refractivity contribution in [2.75, 3.05) is 12.8 Å². The van der Waals surface area contributed by atoms with Crippen molar-refractivity contribution in [3.05, 3.63) is 38.8 Å². The van der Waals surface area contributed by atoms with Gasteiger partial charge in [-0.15, -0.1) is 11.3 Å². The molecule has 8 heteroatoms. The van der Waals surface area contributed by atoms with Crippen molar-refractivity contribution in [1.29, 1.82) is 0 Å². The number of aromatic nitrogens is 1. The molecule has 0 bridgehead atoms. The molecule has 2 aromatic rings. The van der Waals surface area contributed by atoms with Gasteiger partial charge in [0.2, 0.25) is 0 Å². The number of carbonyl (C=O) groups is 1. The van der Waals surface area contributed by atoms with Crippen LogP contribution in [0.3, 0.4) is 0 Å². The molecule has 1 aromatic heterocycles. The van der Waals surface area contributed by atoms with Gasteiger partial charge in [0.25, 0.3) is 5.91 Å². The van der Waals surface area contributed by atoms with Crippen LogP contribution in [-0.2, 0) is 6.54 Å². The van der Waals surface area contributed by atoms with Crippen molar-refractivity contribution >= 4 is 45.6 Å². The number of nitrogens with two attached hydrogens (primary N) is 1. The summed E-state index contributed by atoms with van der Waals surface area (Å²) in [5, 5.41) is 5.50. The molecule has 0 spiro atoms. The third kappa shape index (κ3) is 3.15. The number of rotatable bonds is 4. The second kappa shape index (κ2) is 6.30. The topological polar surface area (TPSA) is 77.2 Å². The molecule has 0 aliphatic rings. The fourth-order valence-corrected chi connectivity index (χ4v) is 2.64. The maximum Gasteiger partial charge on any atom is 0.256 e. The number of hydrogen-bond donors (Lipinski definition) is 2. The van der Waals surface area contributed by atoms with E-state index in [4.69, 9.17) is 33.7 Å². The Morgan fingerprint density at radius 1 is 1.45 bits per heavy atom. The number of ether oxygens (including phenoxy) is 1. The zero-order chi connectivity index (χ0) is 14.7. The van der Waals surface area contributed by atoms with Crippen LogP contribution in [0, 0.1) is 0 Å². The molecule has 106 valence electrons. The Morgan fingerprint density at radius 2 is 2.15 bits per heavy atom. The molecule has 0 aliphatic carbocycles. The molecular weight excluding hydrogens is 321 g/mol. The highest BCUT2D eigenvalue weighted by Gasteiger charge is 2.19. The average Bonchev–Trinajstić information content (AvgIpc) is 2.84. The molecule has 0 radical (unpaired) electrons. The fourth-order valence-electron chi connectivity index (χ4n) is 1.61. The van der Waals surface area contributed by atoms with E-state index in [1.165, 1.54) is 18.4 Å². The minimum atomic E-state index is -0.388. The molecule has 0 atom stereocenters. The van der Waals surface area contributed by atoms with Crippen LogP contribution in [0.5, 0.6) is 5.75 Å². The predicted molar refractivity (Wildman–Crippen MR) is 80.7 cm³/mol. The first-order valence-corrected chi connectivity index (χ1v) is 7.16. The summed E-state index contributed by atoms with van der Waals surface area (Å²) in [5.74, 6) is -0.143. The predicted octanol–water partition coefficient (Wildman–Crippen LogP) is 2.97. The van der Waals surface area contributed by atoms with Gasteiger partial charge in [0.05, 0.1) is 29.4 Å².